The van der Waals surface area contributed by atoms with Crippen molar-refractivity contribution in [2.75, 3.05) is 0 Å². The van der Waals surface area contributed by atoms with E-state index >= 15 is 0 Å². The predicted octanol–water partition coefficient (Wildman–Crippen LogP) is 3.87. The van der Waals surface area contributed by atoms with Crippen molar-refractivity contribution < 1.29 is 4.79 Å². The Bertz CT molecular complexity index is 1180. The second-order valence-electron chi connectivity index (χ2n) is 6.00. The molecule has 0 saturated heterocycles. The van der Waals surface area contributed by atoms with Gasteiger partial charge < -0.3 is 10.3 Å². The molecule has 1 aromatic carbocycles. The van der Waals surface area contributed by atoms with Crippen LogP contribution in [0.5, 0.6) is 0 Å². The first-order valence-corrected chi connectivity index (χ1v) is 9.66. The largest absolute Gasteiger partial charge is 0.346 e. The topological polar surface area (TPSA) is 79.8 Å². The highest BCUT2D eigenvalue weighted by Crippen LogP contribution is 2.21. The average molecular weight is 411 g/mol. The van der Waals surface area contributed by atoms with Gasteiger partial charge in [0.1, 0.15) is 0 Å². The molecule has 0 aliphatic carbocycles. The lowest BCUT2D eigenvalue weighted by Gasteiger charge is -2.04. The highest BCUT2D eigenvalue weighted by Gasteiger charge is 2.09. The van der Waals surface area contributed by atoms with Crippen LogP contribution in [-0.4, -0.2) is 20.7 Å². The third kappa shape index (κ3) is 3.90. The van der Waals surface area contributed by atoms with E-state index in [-0.39, 0.29) is 11.5 Å². The number of amides is 1. The molecule has 4 rings (SSSR count). The number of nitrogens with one attached hydrogen (secondary N) is 2. The molecule has 0 unspecified atom stereocenters. The van der Waals surface area contributed by atoms with Crippen molar-refractivity contribution in [2.24, 2.45) is 0 Å². The van der Waals surface area contributed by atoms with Gasteiger partial charge in [-0.05, 0) is 48.0 Å². The molecule has 6 nitrogen and oxygen atoms in total. The van der Waals surface area contributed by atoms with Crippen LogP contribution in [0, 0.1) is 0 Å². The zero-order chi connectivity index (χ0) is 19.5. The second-order valence-corrected chi connectivity index (χ2v) is 7.71. The molecule has 140 valence electrons. The highest BCUT2D eigenvalue weighted by molar-refractivity contribution is 7.17. The minimum atomic E-state index is -0.177. The molecule has 8 heteroatoms. The Morgan fingerprint density at radius 3 is 2.68 bits per heavy atom. The number of carbonyl (C=O) groups excluding carboxylic acids is 1. The number of H-pyrrole nitrogens is 1. The van der Waals surface area contributed by atoms with Gasteiger partial charge in [-0.15, -0.1) is 11.3 Å². The molecule has 0 spiro atoms. The number of nitrogens with zero attached hydrogens (tertiary/aromatic N) is 2. The molecule has 0 atom stereocenters. The van der Waals surface area contributed by atoms with Crippen molar-refractivity contribution in [2.45, 2.75) is 6.54 Å². The van der Waals surface area contributed by atoms with Crippen molar-refractivity contribution >= 4 is 28.8 Å². The number of carbonyl (C=O) groups is 1. The standard InChI is InChI=1S/C20H15ClN4O2S/c21-18-8-7-17(28-18)20(27)23-12-14-9-11-25(24-14)15-5-3-13(4-6-15)16-2-1-10-22-19(16)26/h1-11H,12H2,(H,22,26)(H,23,27). The minimum Gasteiger partial charge on any atom is -0.346 e. The Kier molecular flexibility index (Phi) is 5.10. The normalized spacial score (nSPS) is 10.8. The summed E-state index contributed by atoms with van der Waals surface area (Å²) in [5.74, 6) is -0.177. The number of benzene rings is 1. The van der Waals surface area contributed by atoms with E-state index in [0.29, 0.717) is 21.3 Å². The van der Waals surface area contributed by atoms with Crippen LogP contribution in [0.4, 0.5) is 0 Å². The maximum absolute atomic E-state index is 12.1. The van der Waals surface area contributed by atoms with Gasteiger partial charge in [-0.3, -0.25) is 9.59 Å². The Morgan fingerprint density at radius 1 is 1.14 bits per heavy atom. The molecular weight excluding hydrogens is 396 g/mol. The SMILES string of the molecule is O=C(NCc1ccn(-c2ccc(-c3ccc[nH]c3=O)cc2)n1)c1ccc(Cl)s1. The maximum atomic E-state index is 12.1. The third-order valence-corrected chi connectivity index (χ3v) is 5.36. The van der Waals surface area contributed by atoms with Crippen molar-refractivity contribution in [3.8, 4) is 16.8 Å². The quantitative estimate of drug-likeness (QED) is 0.524. The third-order valence-electron chi connectivity index (χ3n) is 4.13. The fourth-order valence-electron chi connectivity index (χ4n) is 2.74. The van der Waals surface area contributed by atoms with E-state index in [4.69, 9.17) is 11.6 Å². The van der Waals surface area contributed by atoms with Crippen LogP contribution < -0.4 is 10.9 Å². The lowest BCUT2D eigenvalue weighted by molar-refractivity contribution is 0.0954. The number of thiophene rings is 1. The first kappa shape index (κ1) is 18.2. The van der Waals surface area contributed by atoms with Gasteiger partial charge in [0, 0.05) is 18.0 Å². The number of aromatic amines is 1. The molecule has 1 amide bonds. The van der Waals surface area contributed by atoms with Crippen LogP contribution in [0.2, 0.25) is 4.34 Å². The summed E-state index contributed by atoms with van der Waals surface area (Å²) >= 11 is 7.09. The Hall–Kier alpha value is -3.16. The van der Waals surface area contributed by atoms with Gasteiger partial charge >= 0.3 is 0 Å². The average Bonchev–Trinajstić information content (AvgIpc) is 3.36. The predicted molar refractivity (Wildman–Crippen MR) is 110 cm³/mol. The molecule has 0 aliphatic heterocycles. The van der Waals surface area contributed by atoms with E-state index in [0.717, 1.165) is 16.9 Å². The lowest BCUT2D eigenvalue weighted by atomic mass is 10.1. The van der Waals surface area contributed by atoms with E-state index < -0.39 is 0 Å². The molecule has 28 heavy (non-hydrogen) atoms. The first-order chi connectivity index (χ1) is 13.6. The van der Waals surface area contributed by atoms with Gasteiger partial charge in [0.2, 0.25) is 0 Å². The fourth-order valence-corrected chi connectivity index (χ4v) is 3.70. The monoisotopic (exact) mass is 410 g/mol. The molecule has 3 aromatic heterocycles. The fraction of sp³-hybridized carbons (Fsp3) is 0.0500. The van der Waals surface area contributed by atoms with E-state index in [1.807, 2.05) is 36.5 Å². The van der Waals surface area contributed by atoms with Crippen LogP contribution in [0.15, 0.2) is 71.8 Å². The van der Waals surface area contributed by atoms with Crippen LogP contribution in [-0.2, 0) is 6.54 Å². The first-order valence-electron chi connectivity index (χ1n) is 8.47. The van der Waals surface area contributed by atoms with E-state index in [9.17, 15) is 9.59 Å². The van der Waals surface area contributed by atoms with Crippen LogP contribution in [0.25, 0.3) is 16.8 Å². The summed E-state index contributed by atoms with van der Waals surface area (Å²) in [4.78, 5) is 27.2. The maximum Gasteiger partial charge on any atom is 0.261 e. The van der Waals surface area contributed by atoms with Crippen LogP contribution in [0.1, 0.15) is 15.4 Å². The number of pyridine rings is 1. The molecule has 0 saturated carbocycles. The van der Waals surface area contributed by atoms with Crippen molar-refractivity contribution in [3.63, 3.8) is 0 Å². The molecule has 2 N–H and O–H groups in total. The van der Waals surface area contributed by atoms with Gasteiger partial charge in [-0.2, -0.15) is 5.10 Å². The number of hydrogen-bond acceptors (Lipinski definition) is 4. The lowest BCUT2D eigenvalue weighted by Crippen LogP contribution is -2.22. The van der Waals surface area contributed by atoms with Gasteiger partial charge in [-0.25, -0.2) is 4.68 Å². The number of hydrogen-bond donors (Lipinski definition) is 2. The molecule has 0 aliphatic rings. The minimum absolute atomic E-state index is 0.126. The zero-order valence-electron chi connectivity index (χ0n) is 14.6. The molecule has 4 aromatic rings. The highest BCUT2D eigenvalue weighted by atomic mass is 35.5. The van der Waals surface area contributed by atoms with Crippen LogP contribution >= 0.6 is 22.9 Å². The Balaban J connectivity index is 1.45. The summed E-state index contributed by atoms with van der Waals surface area (Å²) in [5, 5.41) is 7.31. The Morgan fingerprint density at radius 2 is 1.96 bits per heavy atom. The molecule has 0 bridgehead atoms. The Labute approximate surface area is 169 Å². The second kappa shape index (κ2) is 7.84. The smallest absolute Gasteiger partial charge is 0.261 e. The summed E-state index contributed by atoms with van der Waals surface area (Å²) < 4.78 is 2.30. The number of rotatable bonds is 5. The van der Waals surface area contributed by atoms with Gasteiger partial charge in [0.15, 0.2) is 0 Å². The molecule has 0 radical (unpaired) electrons. The summed E-state index contributed by atoms with van der Waals surface area (Å²) in [6.07, 6.45) is 3.44. The van der Waals surface area contributed by atoms with Crippen molar-refractivity contribution in [1.29, 1.82) is 0 Å². The van der Waals surface area contributed by atoms with Crippen molar-refractivity contribution in [3.05, 3.63) is 92.3 Å². The summed E-state index contributed by atoms with van der Waals surface area (Å²) in [6.45, 7) is 0.318. The molecular formula is C20H15ClN4O2S. The van der Waals surface area contributed by atoms with E-state index in [1.165, 1.54) is 11.3 Å². The van der Waals surface area contributed by atoms with Gasteiger partial charge in [0.25, 0.3) is 11.5 Å². The van der Waals surface area contributed by atoms with Gasteiger partial charge in [0.05, 0.1) is 27.1 Å². The summed E-state index contributed by atoms with van der Waals surface area (Å²) in [5.41, 5.74) is 2.92. The van der Waals surface area contributed by atoms with E-state index in [1.54, 1.807) is 35.1 Å². The van der Waals surface area contributed by atoms with Crippen molar-refractivity contribution in [1.82, 2.24) is 20.1 Å². The summed E-state index contributed by atoms with van der Waals surface area (Å²) in [6, 6.07) is 16.4. The zero-order valence-corrected chi connectivity index (χ0v) is 16.1. The van der Waals surface area contributed by atoms with Crippen LogP contribution in [0.3, 0.4) is 0 Å². The molecule has 3 heterocycles. The number of aromatic nitrogens is 3. The molecule has 0 fully saturated rings. The van der Waals surface area contributed by atoms with E-state index in [2.05, 4.69) is 15.4 Å². The number of halogens is 1. The summed E-state index contributed by atoms with van der Waals surface area (Å²) in [7, 11) is 0. The van der Waals surface area contributed by atoms with Gasteiger partial charge in [-0.1, -0.05) is 23.7 Å².